The number of carboxylic acid groups (broad SMARTS) is 1. The number of carboxylic acids is 1. The van der Waals surface area contributed by atoms with Crippen molar-refractivity contribution in [3.8, 4) is 5.75 Å². The van der Waals surface area contributed by atoms with E-state index >= 15 is 0 Å². The number of thiocarbonyl (C=S) groups is 1. The van der Waals surface area contributed by atoms with Gasteiger partial charge in [0.2, 0.25) is 0 Å². The van der Waals surface area contributed by atoms with E-state index in [-0.39, 0.29) is 18.9 Å². The highest BCUT2D eigenvalue weighted by Crippen LogP contribution is 2.14. The van der Waals surface area contributed by atoms with Gasteiger partial charge in [-0.05, 0) is 75.7 Å². The largest absolute Gasteiger partial charge is 0.550 e. The zero-order chi connectivity index (χ0) is 17.2. The lowest BCUT2D eigenvalue weighted by atomic mass is 10.1. The zero-order valence-electron chi connectivity index (χ0n) is 13.6. The molecular weight excluding hydrogens is 314 g/mol. The van der Waals surface area contributed by atoms with Crippen LogP contribution in [0, 0.1) is 0 Å². The fourth-order valence-corrected chi connectivity index (χ4v) is 2.09. The van der Waals surface area contributed by atoms with E-state index in [0.29, 0.717) is 17.4 Å². The Hall–Kier alpha value is -2.15. The average molecular weight is 336 g/mol. The Morgan fingerprint density at radius 2 is 1.96 bits per heavy atom. The molecule has 0 saturated carbocycles. The summed E-state index contributed by atoms with van der Waals surface area (Å²) in [5.74, 6) is -0.369. The standard InChI is InChI=1S/C16H23N3O3S/c1-4-22-13-7-5-12(6-8-13)14(9-10-15(20)21)18-19-16(23)17-11(2)3/h5-8,11H,4,9-10H2,1-3H3,(H,20,21)(H2,17,19,23)/p-1/b18-14-. The molecule has 126 valence electrons. The van der Waals surface area contributed by atoms with Crippen LogP contribution in [0.2, 0.25) is 0 Å². The smallest absolute Gasteiger partial charge is 0.187 e. The maximum Gasteiger partial charge on any atom is 0.187 e. The quantitative estimate of drug-likeness (QED) is 0.421. The van der Waals surface area contributed by atoms with Gasteiger partial charge < -0.3 is 20.0 Å². The van der Waals surface area contributed by atoms with Crippen molar-refractivity contribution in [3.63, 3.8) is 0 Å². The number of aliphatic carboxylic acids is 1. The molecule has 0 amide bonds. The molecule has 0 aliphatic rings. The van der Waals surface area contributed by atoms with Gasteiger partial charge in [0.15, 0.2) is 5.11 Å². The first-order valence-corrected chi connectivity index (χ1v) is 7.89. The molecular formula is C16H22N3O3S-. The molecule has 2 N–H and O–H groups in total. The van der Waals surface area contributed by atoms with Crippen LogP contribution in [0.3, 0.4) is 0 Å². The van der Waals surface area contributed by atoms with E-state index in [1.807, 2.05) is 45.0 Å². The summed E-state index contributed by atoms with van der Waals surface area (Å²) in [5.41, 5.74) is 4.13. The Kier molecular flexibility index (Phi) is 8.04. The monoisotopic (exact) mass is 336 g/mol. The second-order valence-corrected chi connectivity index (χ2v) is 5.54. The maximum atomic E-state index is 10.7. The van der Waals surface area contributed by atoms with Gasteiger partial charge in [0.05, 0.1) is 12.3 Å². The van der Waals surface area contributed by atoms with Crippen LogP contribution in [0.1, 0.15) is 39.2 Å². The summed E-state index contributed by atoms with van der Waals surface area (Å²) in [6, 6.07) is 7.48. The van der Waals surface area contributed by atoms with Crippen molar-refractivity contribution in [2.75, 3.05) is 6.61 Å². The number of hydrogen-bond acceptors (Lipinski definition) is 5. The number of nitrogens with one attached hydrogen (secondary N) is 2. The van der Waals surface area contributed by atoms with Crippen molar-refractivity contribution >= 4 is 29.0 Å². The van der Waals surface area contributed by atoms with E-state index < -0.39 is 5.97 Å². The van der Waals surface area contributed by atoms with Gasteiger partial charge in [0, 0.05) is 12.0 Å². The molecule has 7 heteroatoms. The molecule has 0 radical (unpaired) electrons. The molecule has 1 aromatic rings. The summed E-state index contributed by atoms with van der Waals surface area (Å²) in [5, 5.41) is 18.3. The third-order valence-corrected chi connectivity index (χ3v) is 2.99. The molecule has 0 aliphatic carbocycles. The summed E-state index contributed by atoms with van der Waals surface area (Å²) in [4.78, 5) is 10.7. The van der Waals surface area contributed by atoms with Gasteiger partial charge in [-0.2, -0.15) is 5.10 Å². The summed E-state index contributed by atoms with van der Waals surface area (Å²) in [6.45, 7) is 6.41. The third-order valence-electron chi connectivity index (χ3n) is 2.78. The van der Waals surface area contributed by atoms with Gasteiger partial charge in [-0.1, -0.05) is 0 Å². The molecule has 0 spiro atoms. The molecule has 0 unspecified atom stereocenters. The van der Waals surface area contributed by atoms with E-state index in [2.05, 4.69) is 15.8 Å². The molecule has 0 atom stereocenters. The molecule has 1 aromatic carbocycles. The minimum absolute atomic E-state index is 0.113. The van der Waals surface area contributed by atoms with Crippen LogP contribution in [0.5, 0.6) is 5.75 Å². The van der Waals surface area contributed by atoms with Gasteiger partial charge in [-0.15, -0.1) is 0 Å². The predicted molar refractivity (Wildman–Crippen MR) is 92.4 cm³/mol. The van der Waals surface area contributed by atoms with Crippen molar-refractivity contribution in [1.82, 2.24) is 10.7 Å². The van der Waals surface area contributed by atoms with Crippen LogP contribution < -0.4 is 20.6 Å². The van der Waals surface area contributed by atoms with E-state index in [1.165, 1.54) is 0 Å². The summed E-state index contributed by atoms with van der Waals surface area (Å²) >= 11 is 5.11. The minimum atomic E-state index is -1.12. The van der Waals surface area contributed by atoms with Crippen molar-refractivity contribution < 1.29 is 14.6 Å². The van der Waals surface area contributed by atoms with Crippen LogP contribution in [-0.4, -0.2) is 29.4 Å². The first kappa shape index (κ1) is 18.9. The van der Waals surface area contributed by atoms with Gasteiger partial charge in [-0.3, -0.25) is 5.43 Å². The Bertz CT molecular complexity index is 556. The number of benzene rings is 1. The topological polar surface area (TPSA) is 85.8 Å². The highest BCUT2D eigenvalue weighted by molar-refractivity contribution is 7.80. The number of nitrogens with zero attached hydrogens (tertiary/aromatic N) is 1. The molecule has 23 heavy (non-hydrogen) atoms. The third kappa shape index (κ3) is 7.60. The summed E-state index contributed by atoms with van der Waals surface area (Å²) < 4.78 is 5.39. The average Bonchev–Trinajstić information content (AvgIpc) is 2.48. The van der Waals surface area contributed by atoms with Crippen LogP contribution >= 0.6 is 12.2 Å². The highest BCUT2D eigenvalue weighted by Gasteiger charge is 2.06. The van der Waals surface area contributed by atoms with Crippen molar-refractivity contribution in [3.05, 3.63) is 29.8 Å². The Labute approximate surface area is 141 Å². The Balaban J connectivity index is 2.85. The van der Waals surface area contributed by atoms with Crippen LogP contribution in [0.25, 0.3) is 0 Å². The van der Waals surface area contributed by atoms with E-state index in [1.54, 1.807) is 0 Å². The van der Waals surface area contributed by atoms with Crippen molar-refractivity contribution in [1.29, 1.82) is 0 Å². The van der Waals surface area contributed by atoms with Crippen LogP contribution in [0.15, 0.2) is 29.4 Å². The van der Waals surface area contributed by atoms with Gasteiger partial charge in [-0.25, -0.2) is 0 Å². The Morgan fingerprint density at radius 1 is 1.30 bits per heavy atom. The molecule has 0 fully saturated rings. The van der Waals surface area contributed by atoms with Gasteiger partial charge in [0.25, 0.3) is 0 Å². The molecule has 0 bridgehead atoms. The lowest BCUT2D eigenvalue weighted by Crippen LogP contribution is -2.37. The number of carbonyl (C=O) groups excluding carboxylic acids is 1. The molecule has 0 saturated heterocycles. The van der Waals surface area contributed by atoms with E-state index in [9.17, 15) is 9.90 Å². The number of hydrazone groups is 1. The van der Waals surface area contributed by atoms with Crippen molar-refractivity contribution in [2.45, 2.75) is 39.7 Å². The molecule has 0 aromatic heterocycles. The number of rotatable bonds is 8. The van der Waals surface area contributed by atoms with Gasteiger partial charge in [0.1, 0.15) is 5.75 Å². The fraction of sp³-hybridized carbons (Fsp3) is 0.438. The second-order valence-electron chi connectivity index (χ2n) is 5.13. The molecule has 0 aliphatic heterocycles. The van der Waals surface area contributed by atoms with Crippen LogP contribution in [0.4, 0.5) is 0 Å². The SMILES string of the molecule is CCOc1ccc(/C(CCC(=O)[O-])=N\NC(=S)NC(C)C)cc1. The second kappa shape index (κ2) is 9.78. The lowest BCUT2D eigenvalue weighted by molar-refractivity contribution is -0.305. The van der Waals surface area contributed by atoms with Crippen molar-refractivity contribution in [2.24, 2.45) is 5.10 Å². The first-order chi connectivity index (χ1) is 10.9. The predicted octanol–water partition coefficient (Wildman–Crippen LogP) is 1.19. The fourth-order valence-electron chi connectivity index (χ4n) is 1.81. The summed E-state index contributed by atoms with van der Waals surface area (Å²) in [7, 11) is 0. The maximum absolute atomic E-state index is 10.7. The summed E-state index contributed by atoms with van der Waals surface area (Å²) in [6.07, 6.45) is 0.131. The first-order valence-electron chi connectivity index (χ1n) is 7.48. The number of hydrogen-bond donors (Lipinski definition) is 2. The van der Waals surface area contributed by atoms with E-state index in [0.717, 1.165) is 11.3 Å². The molecule has 0 heterocycles. The zero-order valence-corrected chi connectivity index (χ0v) is 14.4. The number of carbonyl (C=O) groups is 1. The number of ether oxygens (including phenoxy) is 1. The highest BCUT2D eigenvalue weighted by atomic mass is 32.1. The van der Waals surface area contributed by atoms with Crippen LogP contribution in [-0.2, 0) is 4.79 Å². The minimum Gasteiger partial charge on any atom is -0.550 e. The molecule has 6 nitrogen and oxygen atoms in total. The Morgan fingerprint density at radius 3 is 2.48 bits per heavy atom. The van der Waals surface area contributed by atoms with Gasteiger partial charge >= 0.3 is 0 Å². The van der Waals surface area contributed by atoms with E-state index in [4.69, 9.17) is 17.0 Å². The lowest BCUT2D eigenvalue weighted by Gasteiger charge is -2.13. The normalized spacial score (nSPS) is 11.2. The molecule has 1 rings (SSSR count).